The van der Waals surface area contributed by atoms with Gasteiger partial charge >= 0.3 is 0 Å². The maximum atomic E-state index is 6.45. The van der Waals surface area contributed by atoms with Gasteiger partial charge in [-0.25, -0.2) is 0 Å². The van der Waals surface area contributed by atoms with Crippen LogP contribution in [0.25, 0.3) is 33.1 Å². The van der Waals surface area contributed by atoms with Crippen molar-refractivity contribution in [1.29, 1.82) is 0 Å². The summed E-state index contributed by atoms with van der Waals surface area (Å²) < 4.78 is 2.55. The molecule has 0 amide bonds. The summed E-state index contributed by atoms with van der Waals surface area (Å²) >= 11 is 0. The van der Waals surface area contributed by atoms with E-state index in [9.17, 15) is 0 Å². The number of nitrogens with two attached hydrogens (primary N) is 1. The van der Waals surface area contributed by atoms with Crippen LogP contribution in [0, 0.1) is 5.92 Å². The van der Waals surface area contributed by atoms with Crippen LogP contribution in [0.4, 0.5) is 0 Å². The van der Waals surface area contributed by atoms with Crippen LogP contribution in [0.5, 0.6) is 0 Å². The van der Waals surface area contributed by atoms with Crippen LogP contribution in [0.1, 0.15) is 62.6 Å². The molecule has 176 valence electrons. The van der Waals surface area contributed by atoms with Crippen LogP contribution in [-0.4, -0.2) is 34.8 Å². The molecule has 0 spiro atoms. The van der Waals surface area contributed by atoms with Crippen LogP contribution < -0.4 is 5.73 Å². The molecule has 1 aromatic heterocycles. The maximum absolute atomic E-state index is 6.45. The Balaban J connectivity index is 1.56. The number of nitrogens with zero attached hydrogens (tertiary/aromatic N) is 3. The van der Waals surface area contributed by atoms with E-state index in [1.807, 2.05) is 0 Å². The molecule has 3 aromatic rings. The molecule has 0 atom stereocenters. The van der Waals surface area contributed by atoms with E-state index in [2.05, 4.69) is 60.2 Å². The van der Waals surface area contributed by atoms with Gasteiger partial charge in [0, 0.05) is 51.9 Å². The molecule has 2 aliphatic heterocycles. The van der Waals surface area contributed by atoms with Gasteiger partial charge in [-0.1, -0.05) is 25.1 Å². The van der Waals surface area contributed by atoms with Crippen molar-refractivity contribution in [2.75, 3.05) is 19.6 Å². The van der Waals surface area contributed by atoms with E-state index in [1.165, 1.54) is 89.3 Å². The van der Waals surface area contributed by atoms with Gasteiger partial charge in [0.05, 0.1) is 12.1 Å². The number of hydrogen-bond acceptors (Lipinski definition) is 3. The number of aliphatic imine (C=N–C) groups is 1. The lowest BCUT2D eigenvalue weighted by Gasteiger charge is -2.26. The SMILES string of the molecule is C=C(N)c1cc(C2=C(C)CN=C2C)cc2c3ccc(CN4CCCCC4)cc3n(CC3CC3)c12. The number of benzene rings is 2. The second-order valence-corrected chi connectivity index (χ2v) is 10.7. The fraction of sp³-hybridized carbons (Fsp3) is 0.433. The summed E-state index contributed by atoms with van der Waals surface area (Å²) in [5, 5.41) is 2.62. The molecule has 2 aromatic carbocycles. The minimum atomic E-state index is 0.645. The van der Waals surface area contributed by atoms with Gasteiger partial charge in [0.2, 0.25) is 0 Å². The molecule has 1 aliphatic carbocycles. The average Bonchev–Trinajstić information content (AvgIpc) is 3.52. The zero-order chi connectivity index (χ0) is 23.4. The number of allylic oxidation sites excluding steroid dienone is 1. The maximum Gasteiger partial charge on any atom is 0.0610 e. The number of aromatic nitrogens is 1. The molecule has 3 heterocycles. The second-order valence-electron chi connectivity index (χ2n) is 10.7. The van der Waals surface area contributed by atoms with E-state index in [0.717, 1.165) is 36.8 Å². The number of hydrogen-bond donors (Lipinski definition) is 1. The number of likely N-dealkylation sites (tertiary alicyclic amines) is 1. The van der Waals surface area contributed by atoms with Crippen LogP contribution in [0.15, 0.2) is 47.5 Å². The molecule has 1 saturated carbocycles. The molecule has 2 N–H and O–H groups in total. The highest BCUT2D eigenvalue weighted by atomic mass is 15.1. The molecule has 34 heavy (non-hydrogen) atoms. The molecule has 0 unspecified atom stereocenters. The highest BCUT2D eigenvalue weighted by molar-refractivity contribution is 6.26. The molecule has 1 saturated heterocycles. The fourth-order valence-corrected chi connectivity index (χ4v) is 6.05. The number of piperidine rings is 1. The Morgan fingerprint density at radius 3 is 2.53 bits per heavy atom. The van der Waals surface area contributed by atoms with Gasteiger partial charge < -0.3 is 10.3 Å². The van der Waals surface area contributed by atoms with Crippen molar-refractivity contribution in [2.24, 2.45) is 16.6 Å². The number of rotatable bonds is 6. The minimum absolute atomic E-state index is 0.645. The lowest BCUT2D eigenvalue weighted by molar-refractivity contribution is 0.221. The van der Waals surface area contributed by atoms with E-state index >= 15 is 0 Å². The summed E-state index contributed by atoms with van der Waals surface area (Å²) in [7, 11) is 0. The van der Waals surface area contributed by atoms with Crippen LogP contribution >= 0.6 is 0 Å². The molecule has 3 aliphatic rings. The number of fused-ring (bicyclic) bond motifs is 3. The predicted octanol–water partition coefficient (Wildman–Crippen LogP) is 6.37. The Hall–Kier alpha value is -2.85. The zero-order valence-corrected chi connectivity index (χ0v) is 20.7. The Kier molecular flexibility index (Phi) is 5.37. The molecule has 4 heteroatoms. The van der Waals surface area contributed by atoms with Gasteiger partial charge in [0.15, 0.2) is 0 Å². The molecular formula is C30H36N4. The molecule has 6 rings (SSSR count). The summed E-state index contributed by atoms with van der Waals surface area (Å²) in [6, 6.07) is 11.8. The van der Waals surface area contributed by atoms with Gasteiger partial charge in [0.25, 0.3) is 0 Å². The van der Waals surface area contributed by atoms with E-state index in [1.54, 1.807) is 0 Å². The lowest BCUT2D eigenvalue weighted by atomic mass is 9.94. The summed E-state index contributed by atoms with van der Waals surface area (Å²) in [6.45, 7) is 13.9. The zero-order valence-electron chi connectivity index (χ0n) is 20.7. The van der Waals surface area contributed by atoms with Crippen molar-refractivity contribution in [3.63, 3.8) is 0 Å². The molecular weight excluding hydrogens is 416 g/mol. The smallest absolute Gasteiger partial charge is 0.0610 e. The third-order valence-corrected chi connectivity index (χ3v) is 7.99. The monoisotopic (exact) mass is 452 g/mol. The van der Waals surface area contributed by atoms with E-state index in [0.29, 0.717) is 5.70 Å². The van der Waals surface area contributed by atoms with E-state index in [4.69, 9.17) is 10.7 Å². The van der Waals surface area contributed by atoms with Gasteiger partial charge in [-0.2, -0.15) is 0 Å². The fourth-order valence-electron chi connectivity index (χ4n) is 6.05. The van der Waals surface area contributed by atoms with Gasteiger partial charge in [-0.15, -0.1) is 0 Å². The third kappa shape index (κ3) is 3.78. The van der Waals surface area contributed by atoms with Gasteiger partial charge in [-0.3, -0.25) is 9.89 Å². The summed E-state index contributed by atoms with van der Waals surface area (Å²) in [4.78, 5) is 7.30. The Morgan fingerprint density at radius 1 is 1.06 bits per heavy atom. The van der Waals surface area contributed by atoms with Gasteiger partial charge in [-0.05, 0) is 93.4 Å². The predicted molar refractivity (Wildman–Crippen MR) is 145 cm³/mol. The van der Waals surface area contributed by atoms with Crippen molar-refractivity contribution >= 4 is 38.8 Å². The first-order valence-corrected chi connectivity index (χ1v) is 13.0. The van der Waals surface area contributed by atoms with Crippen molar-refractivity contribution in [3.05, 3.63) is 59.2 Å². The second kappa shape index (κ2) is 8.42. The lowest BCUT2D eigenvalue weighted by Crippen LogP contribution is -2.29. The first kappa shape index (κ1) is 21.7. The topological polar surface area (TPSA) is 46.5 Å². The largest absolute Gasteiger partial charge is 0.399 e. The normalized spacial score (nSPS) is 19.4. The van der Waals surface area contributed by atoms with Crippen molar-refractivity contribution in [3.8, 4) is 0 Å². The Labute approximate surface area is 202 Å². The van der Waals surface area contributed by atoms with Crippen LogP contribution in [0.3, 0.4) is 0 Å². The molecule has 0 radical (unpaired) electrons. The molecule has 2 fully saturated rings. The van der Waals surface area contributed by atoms with E-state index in [-0.39, 0.29) is 0 Å². The average molecular weight is 453 g/mol. The summed E-state index contributed by atoms with van der Waals surface area (Å²) in [5.74, 6) is 0.775. The quantitative estimate of drug-likeness (QED) is 0.472. The molecule has 0 bridgehead atoms. The van der Waals surface area contributed by atoms with Crippen LogP contribution in [0.2, 0.25) is 0 Å². The Morgan fingerprint density at radius 2 is 1.85 bits per heavy atom. The summed E-state index contributed by atoms with van der Waals surface area (Å²) in [5.41, 5.74) is 17.1. The standard InChI is InChI=1S/C30H36N4/c1-19-16-32-21(3)29(19)24-14-26(20(2)31)30-27(15-24)25-10-9-23(17-33-11-5-4-6-12-33)13-28(25)34(30)18-22-7-8-22/h9-10,13-15,22H,2,4-8,11-12,16-18,31H2,1,3H3. The van der Waals surface area contributed by atoms with E-state index < -0.39 is 0 Å². The highest BCUT2D eigenvalue weighted by Gasteiger charge is 2.26. The minimum Gasteiger partial charge on any atom is -0.399 e. The third-order valence-electron chi connectivity index (χ3n) is 7.99. The van der Waals surface area contributed by atoms with Crippen molar-refractivity contribution in [2.45, 2.75) is 59.0 Å². The van der Waals surface area contributed by atoms with Crippen molar-refractivity contribution in [1.82, 2.24) is 9.47 Å². The van der Waals surface area contributed by atoms with Crippen LogP contribution in [-0.2, 0) is 13.1 Å². The first-order valence-electron chi connectivity index (χ1n) is 13.0. The first-order chi connectivity index (χ1) is 16.5. The van der Waals surface area contributed by atoms with Gasteiger partial charge in [0.1, 0.15) is 0 Å². The Bertz CT molecular complexity index is 1360. The molecule has 4 nitrogen and oxygen atoms in total. The highest BCUT2D eigenvalue weighted by Crippen LogP contribution is 2.40. The van der Waals surface area contributed by atoms with Crippen molar-refractivity contribution < 1.29 is 0 Å². The summed E-state index contributed by atoms with van der Waals surface area (Å²) in [6.07, 6.45) is 6.68.